The predicted molar refractivity (Wildman–Crippen MR) is 58.4 cm³/mol. The van der Waals surface area contributed by atoms with Gasteiger partial charge in [0.25, 0.3) is 5.56 Å². The lowest BCUT2D eigenvalue weighted by Crippen LogP contribution is -2.18. The van der Waals surface area contributed by atoms with Gasteiger partial charge in [-0.1, -0.05) is 12.1 Å². The third kappa shape index (κ3) is 1.92. The fourth-order valence-electron chi connectivity index (χ4n) is 1.35. The number of phenolic OH excluding ortho intramolecular Hbond substituents is 1. The number of para-hydroxylation sites is 1. The van der Waals surface area contributed by atoms with Crippen molar-refractivity contribution in [2.24, 2.45) is 0 Å². The SMILES string of the molecule is O=c1[nH]nccc1S(=O)(=O)c1ccccc1O. The van der Waals surface area contributed by atoms with Crippen molar-refractivity contribution in [3.05, 3.63) is 46.9 Å². The summed E-state index contributed by atoms with van der Waals surface area (Å²) in [4.78, 5) is 10.6. The lowest BCUT2D eigenvalue weighted by atomic mass is 10.3. The first-order chi connectivity index (χ1) is 8.03. The fourth-order valence-corrected chi connectivity index (χ4v) is 2.71. The number of sulfone groups is 1. The van der Waals surface area contributed by atoms with Gasteiger partial charge >= 0.3 is 0 Å². The highest BCUT2D eigenvalue weighted by molar-refractivity contribution is 7.91. The molecule has 0 unspecified atom stereocenters. The Morgan fingerprint density at radius 2 is 1.82 bits per heavy atom. The molecule has 0 bridgehead atoms. The smallest absolute Gasteiger partial charge is 0.283 e. The van der Waals surface area contributed by atoms with E-state index in [4.69, 9.17) is 0 Å². The van der Waals surface area contributed by atoms with Crippen molar-refractivity contribution in [2.45, 2.75) is 9.79 Å². The number of hydrogen-bond acceptors (Lipinski definition) is 5. The fraction of sp³-hybridized carbons (Fsp3) is 0. The van der Waals surface area contributed by atoms with Crippen molar-refractivity contribution >= 4 is 9.84 Å². The number of aromatic hydroxyl groups is 1. The number of aromatic amines is 1. The summed E-state index contributed by atoms with van der Waals surface area (Å²) in [6.45, 7) is 0. The number of hydrogen-bond donors (Lipinski definition) is 2. The Balaban J connectivity index is 2.72. The second-order valence-corrected chi connectivity index (χ2v) is 5.11. The first kappa shape index (κ1) is 11.3. The lowest BCUT2D eigenvalue weighted by molar-refractivity contribution is 0.458. The van der Waals surface area contributed by atoms with Gasteiger partial charge in [0.1, 0.15) is 15.5 Å². The molecule has 0 aliphatic heterocycles. The molecule has 0 aliphatic rings. The molecule has 1 aromatic carbocycles. The van der Waals surface area contributed by atoms with Crippen LogP contribution >= 0.6 is 0 Å². The van der Waals surface area contributed by atoms with E-state index in [1.807, 2.05) is 5.10 Å². The maximum atomic E-state index is 12.1. The van der Waals surface area contributed by atoms with Crippen LogP contribution in [0, 0.1) is 0 Å². The van der Waals surface area contributed by atoms with E-state index in [0.717, 1.165) is 12.3 Å². The molecule has 6 nitrogen and oxygen atoms in total. The minimum atomic E-state index is -4.03. The van der Waals surface area contributed by atoms with E-state index in [2.05, 4.69) is 5.10 Å². The van der Waals surface area contributed by atoms with E-state index < -0.39 is 26.0 Å². The van der Waals surface area contributed by atoms with Gasteiger partial charge in [-0.3, -0.25) is 4.79 Å². The molecule has 0 saturated heterocycles. The molecule has 2 rings (SSSR count). The Labute approximate surface area is 96.5 Å². The number of aromatic nitrogens is 2. The molecule has 0 fully saturated rings. The van der Waals surface area contributed by atoms with E-state index in [1.165, 1.54) is 24.3 Å². The summed E-state index contributed by atoms with van der Waals surface area (Å²) in [5.41, 5.74) is -0.823. The van der Waals surface area contributed by atoms with Gasteiger partial charge in [-0.05, 0) is 18.2 Å². The maximum Gasteiger partial charge on any atom is 0.283 e. The summed E-state index contributed by atoms with van der Waals surface area (Å²) in [7, 11) is -4.03. The Hall–Kier alpha value is -2.15. The van der Waals surface area contributed by atoms with Gasteiger partial charge < -0.3 is 5.11 Å². The molecule has 0 spiro atoms. The Morgan fingerprint density at radius 1 is 1.12 bits per heavy atom. The van der Waals surface area contributed by atoms with Crippen molar-refractivity contribution in [1.82, 2.24) is 10.2 Å². The van der Waals surface area contributed by atoms with Crippen LogP contribution in [0.5, 0.6) is 5.75 Å². The third-order valence-electron chi connectivity index (χ3n) is 2.13. The second kappa shape index (κ2) is 4.02. The number of nitrogens with zero attached hydrogens (tertiary/aromatic N) is 1. The minimum absolute atomic E-state index is 0.309. The molecule has 0 radical (unpaired) electrons. The zero-order valence-electron chi connectivity index (χ0n) is 8.49. The lowest BCUT2D eigenvalue weighted by Gasteiger charge is -2.04. The van der Waals surface area contributed by atoms with Crippen molar-refractivity contribution in [3.63, 3.8) is 0 Å². The molecule has 88 valence electrons. The summed E-state index contributed by atoms with van der Waals surface area (Å²) >= 11 is 0. The van der Waals surface area contributed by atoms with Gasteiger partial charge in [0.2, 0.25) is 9.84 Å². The molecule has 0 atom stereocenters. The zero-order valence-corrected chi connectivity index (χ0v) is 9.31. The highest BCUT2D eigenvalue weighted by Gasteiger charge is 2.23. The first-order valence-electron chi connectivity index (χ1n) is 4.60. The molecule has 0 amide bonds. The summed E-state index contributed by atoms with van der Waals surface area (Å²) in [5, 5.41) is 14.9. The summed E-state index contributed by atoms with van der Waals surface area (Å²) in [5.74, 6) is -0.399. The van der Waals surface area contributed by atoms with Crippen LogP contribution in [0.2, 0.25) is 0 Å². The average molecular weight is 252 g/mol. The van der Waals surface area contributed by atoms with Crippen molar-refractivity contribution < 1.29 is 13.5 Å². The monoisotopic (exact) mass is 252 g/mol. The quantitative estimate of drug-likeness (QED) is 0.801. The van der Waals surface area contributed by atoms with Crippen LogP contribution in [0.4, 0.5) is 0 Å². The standard InChI is InChI=1S/C10H8N2O4S/c13-7-3-1-2-4-8(7)17(15,16)9-5-6-11-12-10(9)14/h1-6,13H,(H,12,14). The van der Waals surface area contributed by atoms with Crippen molar-refractivity contribution in [2.75, 3.05) is 0 Å². The van der Waals surface area contributed by atoms with E-state index in [9.17, 15) is 18.3 Å². The van der Waals surface area contributed by atoms with E-state index in [-0.39, 0.29) is 4.90 Å². The van der Waals surface area contributed by atoms with E-state index in [0.29, 0.717) is 0 Å². The Morgan fingerprint density at radius 3 is 2.47 bits per heavy atom. The first-order valence-corrected chi connectivity index (χ1v) is 6.08. The topological polar surface area (TPSA) is 100 Å². The molecule has 2 N–H and O–H groups in total. The molecular weight excluding hydrogens is 244 g/mol. The molecule has 1 aromatic heterocycles. The average Bonchev–Trinajstić information content (AvgIpc) is 2.29. The highest BCUT2D eigenvalue weighted by Crippen LogP contribution is 2.25. The minimum Gasteiger partial charge on any atom is -0.507 e. The van der Waals surface area contributed by atoms with Crippen LogP contribution in [0.25, 0.3) is 0 Å². The van der Waals surface area contributed by atoms with E-state index in [1.54, 1.807) is 0 Å². The zero-order chi connectivity index (χ0) is 12.5. The second-order valence-electron chi connectivity index (χ2n) is 3.22. The van der Waals surface area contributed by atoms with Crippen LogP contribution in [-0.2, 0) is 9.84 Å². The molecule has 17 heavy (non-hydrogen) atoms. The van der Waals surface area contributed by atoms with Crippen LogP contribution in [-0.4, -0.2) is 23.7 Å². The van der Waals surface area contributed by atoms with Gasteiger partial charge in [-0.15, -0.1) is 0 Å². The summed E-state index contributed by atoms with van der Waals surface area (Å²) < 4.78 is 24.1. The van der Waals surface area contributed by atoms with Gasteiger partial charge in [0, 0.05) is 6.20 Å². The molecule has 1 heterocycles. The summed E-state index contributed by atoms with van der Waals surface area (Å²) in [6.07, 6.45) is 1.16. The number of nitrogens with one attached hydrogen (secondary N) is 1. The van der Waals surface area contributed by atoms with Crippen LogP contribution < -0.4 is 5.56 Å². The van der Waals surface area contributed by atoms with Gasteiger partial charge in [-0.2, -0.15) is 5.10 Å². The van der Waals surface area contributed by atoms with Gasteiger partial charge in [0.05, 0.1) is 0 Å². The Bertz CT molecular complexity index is 706. The molecule has 0 aliphatic carbocycles. The largest absolute Gasteiger partial charge is 0.507 e. The number of rotatable bonds is 2. The maximum absolute atomic E-state index is 12.1. The third-order valence-corrected chi connectivity index (χ3v) is 3.96. The van der Waals surface area contributed by atoms with Crippen LogP contribution in [0.1, 0.15) is 0 Å². The predicted octanol–water partition coefficient (Wildman–Crippen LogP) is 0.308. The van der Waals surface area contributed by atoms with Crippen molar-refractivity contribution in [1.29, 1.82) is 0 Å². The van der Waals surface area contributed by atoms with Crippen LogP contribution in [0.15, 0.2) is 51.1 Å². The molecule has 2 aromatic rings. The Kier molecular flexibility index (Phi) is 2.68. The molecule has 0 saturated carbocycles. The normalized spacial score (nSPS) is 11.3. The molecule has 7 heteroatoms. The van der Waals surface area contributed by atoms with Crippen molar-refractivity contribution in [3.8, 4) is 5.75 Å². The van der Waals surface area contributed by atoms with Crippen LogP contribution in [0.3, 0.4) is 0 Å². The number of H-pyrrole nitrogens is 1. The highest BCUT2D eigenvalue weighted by atomic mass is 32.2. The van der Waals surface area contributed by atoms with Gasteiger partial charge in [-0.25, -0.2) is 13.5 Å². The molecular formula is C10H8N2O4S. The van der Waals surface area contributed by atoms with Gasteiger partial charge in [0.15, 0.2) is 0 Å². The summed E-state index contributed by atoms with van der Waals surface area (Å²) in [6, 6.07) is 6.50. The number of benzene rings is 1. The van der Waals surface area contributed by atoms with E-state index >= 15 is 0 Å². The number of phenols is 1.